The van der Waals surface area contributed by atoms with Crippen molar-refractivity contribution in [2.75, 3.05) is 26.2 Å². The topological polar surface area (TPSA) is 61.7 Å². The summed E-state index contributed by atoms with van der Waals surface area (Å²) in [4.78, 5) is 30.7. The van der Waals surface area contributed by atoms with Gasteiger partial charge < -0.3 is 9.80 Å². The molecule has 154 valence electrons. The van der Waals surface area contributed by atoms with Crippen molar-refractivity contribution in [2.24, 2.45) is 4.99 Å². The molecule has 0 unspecified atom stereocenters. The van der Waals surface area contributed by atoms with Crippen LogP contribution in [0.5, 0.6) is 0 Å². The largest absolute Gasteiger partial charge is 0.331 e. The molecule has 1 aliphatic rings. The van der Waals surface area contributed by atoms with Crippen LogP contribution >= 0.6 is 11.3 Å². The van der Waals surface area contributed by atoms with Crippen molar-refractivity contribution in [3.8, 4) is 0 Å². The number of hydrogen-bond donors (Lipinski definition) is 0. The molecule has 6 nitrogen and oxygen atoms in total. The number of carbonyl (C=O) groups is 1. The van der Waals surface area contributed by atoms with Crippen LogP contribution in [0.25, 0.3) is 10.2 Å². The number of aryl methyl sites for hydroxylation is 2. The fourth-order valence-electron chi connectivity index (χ4n) is 3.51. The maximum Gasteiger partial charge on any atom is 0.254 e. The third-order valence-electron chi connectivity index (χ3n) is 5.10. The lowest BCUT2D eigenvalue weighted by Gasteiger charge is -2.37. The van der Waals surface area contributed by atoms with E-state index in [1.807, 2.05) is 56.0 Å². The molecule has 0 spiro atoms. The lowest BCUT2D eigenvalue weighted by Crippen LogP contribution is -2.49. The lowest BCUT2D eigenvalue weighted by molar-refractivity contribution is 0.0728. The molecule has 0 aliphatic carbocycles. The quantitative estimate of drug-likeness (QED) is 0.475. The molecule has 1 amide bonds. The Morgan fingerprint density at radius 3 is 2.70 bits per heavy atom. The summed E-state index contributed by atoms with van der Waals surface area (Å²) in [6, 6.07) is 9.75. The normalized spacial score (nSPS) is 15.2. The first-order chi connectivity index (χ1) is 14.5. The zero-order valence-corrected chi connectivity index (χ0v) is 18.4. The summed E-state index contributed by atoms with van der Waals surface area (Å²) in [5, 5.41) is 0.860. The van der Waals surface area contributed by atoms with Gasteiger partial charge >= 0.3 is 0 Å². The summed E-state index contributed by atoms with van der Waals surface area (Å²) in [6.45, 7) is 12.6. The number of fused-ring (bicyclic) bond motifs is 1. The minimum Gasteiger partial charge on any atom is -0.331 e. The highest BCUT2D eigenvalue weighted by molar-refractivity contribution is 7.20. The molecule has 0 N–H and O–H groups in total. The number of nitrogens with zero attached hydrogens (tertiary/aromatic N) is 5. The van der Waals surface area contributed by atoms with Gasteiger partial charge in [0.15, 0.2) is 10.8 Å². The Kier molecular flexibility index (Phi) is 5.63. The van der Waals surface area contributed by atoms with E-state index in [9.17, 15) is 4.79 Å². The van der Waals surface area contributed by atoms with Crippen molar-refractivity contribution in [2.45, 2.75) is 20.8 Å². The maximum atomic E-state index is 12.9. The zero-order valence-electron chi connectivity index (χ0n) is 17.6. The number of pyridine rings is 1. The van der Waals surface area contributed by atoms with Gasteiger partial charge in [0.05, 0.1) is 17.4 Å². The van der Waals surface area contributed by atoms with Crippen LogP contribution in [-0.4, -0.2) is 57.7 Å². The van der Waals surface area contributed by atoms with E-state index in [0.717, 1.165) is 38.0 Å². The molecule has 30 heavy (non-hydrogen) atoms. The summed E-state index contributed by atoms with van der Waals surface area (Å²) >= 11 is 1.62. The molecular formula is C23H25N5OS. The number of thiazole rings is 1. The number of benzene rings is 1. The second-order valence-corrected chi connectivity index (χ2v) is 8.45. The molecule has 0 saturated carbocycles. The SMILES string of the molecule is C=C1CN(C(=O)c2ccc(C)cc2)CCN1C(=NCC)c1nc2cnc(C)cc2s1. The Morgan fingerprint density at radius 1 is 1.23 bits per heavy atom. The fraction of sp³-hybridized carbons (Fsp3) is 0.304. The Balaban J connectivity index is 1.55. The highest BCUT2D eigenvalue weighted by Crippen LogP contribution is 2.26. The minimum absolute atomic E-state index is 0.0336. The summed E-state index contributed by atoms with van der Waals surface area (Å²) in [5.41, 5.74) is 4.55. The van der Waals surface area contributed by atoms with Crippen molar-refractivity contribution in [1.82, 2.24) is 19.8 Å². The van der Waals surface area contributed by atoms with E-state index in [2.05, 4.69) is 16.5 Å². The molecule has 0 radical (unpaired) electrons. The van der Waals surface area contributed by atoms with E-state index < -0.39 is 0 Å². The number of amides is 1. The van der Waals surface area contributed by atoms with Gasteiger partial charge in [-0.25, -0.2) is 4.98 Å². The van der Waals surface area contributed by atoms with Gasteiger partial charge in [-0.3, -0.25) is 14.8 Å². The molecule has 2 aromatic heterocycles. The van der Waals surface area contributed by atoms with E-state index in [1.165, 1.54) is 0 Å². The predicted octanol–water partition coefficient (Wildman–Crippen LogP) is 4.05. The minimum atomic E-state index is 0.0336. The average Bonchev–Trinajstić information content (AvgIpc) is 3.15. The first kappa shape index (κ1) is 20.2. The van der Waals surface area contributed by atoms with Gasteiger partial charge in [0.2, 0.25) is 0 Å². The van der Waals surface area contributed by atoms with Crippen LogP contribution in [0.3, 0.4) is 0 Å². The number of aliphatic imine (C=N–C) groups is 1. The van der Waals surface area contributed by atoms with Crippen molar-refractivity contribution in [3.63, 3.8) is 0 Å². The number of aromatic nitrogens is 2. The summed E-state index contributed by atoms with van der Waals surface area (Å²) in [6.07, 6.45) is 1.81. The monoisotopic (exact) mass is 419 g/mol. The Bertz CT molecular complexity index is 1130. The van der Waals surface area contributed by atoms with Crippen LogP contribution in [0.4, 0.5) is 0 Å². The molecule has 3 heterocycles. The third-order valence-corrected chi connectivity index (χ3v) is 6.11. The average molecular weight is 420 g/mol. The van der Waals surface area contributed by atoms with Crippen LogP contribution < -0.4 is 0 Å². The van der Waals surface area contributed by atoms with Crippen molar-refractivity contribution in [1.29, 1.82) is 0 Å². The molecule has 0 atom stereocenters. The Hall–Kier alpha value is -3.06. The molecule has 1 fully saturated rings. The van der Waals surface area contributed by atoms with Gasteiger partial charge in [-0.2, -0.15) is 0 Å². The molecular weight excluding hydrogens is 394 g/mol. The lowest BCUT2D eigenvalue weighted by atomic mass is 10.1. The number of hydrogen-bond acceptors (Lipinski definition) is 5. The van der Waals surface area contributed by atoms with Crippen LogP contribution in [0, 0.1) is 13.8 Å². The maximum absolute atomic E-state index is 12.9. The molecule has 0 bridgehead atoms. The first-order valence-corrected chi connectivity index (χ1v) is 10.9. The first-order valence-electron chi connectivity index (χ1n) is 10.1. The van der Waals surface area contributed by atoms with Crippen LogP contribution in [-0.2, 0) is 0 Å². The predicted molar refractivity (Wildman–Crippen MR) is 122 cm³/mol. The molecule has 1 aliphatic heterocycles. The summed E-state index contributed by atoms with van der Waals surface area (Å²) in [7, 11) is 0. The number of amidine groups is 1. The van der Waals surface area contributed by atoms with Crippen molar-refractivity contribution >= 4 is 33.3 Å². The molecule has 1 saturated heterocycles. The Labute approximate surface area is 180 Å². The van der Waals surface area contributed by atoms with E-state index in [-0.39, 0.29) is 5.91 Å². The highest BCUT2D eigenvalue weighted by Gasteiger charge is 2.28. The molecule has 4 rings (SSSR count). The van der Waals surface area contributed by atoms with Crippen LogP contribution in [0.1, 0.15) is 33.5 Å². The van der Waals surface area contributed by atoms with Gasteiger partial charge in [-0.15, -0.1) is 11.3 Å². The molecule has 1 aromatic carbocycles. The summed E-state index contributed by atoms with van der Waals surface area (Å²) in [5.74, 6) is 0.857. The van der Waals surface area contributed by atoms with Crippen LogP contribution in [0.15, 0.2) is 53.8 Å². The van der Waals surface area contributed by atoms with E-state index in [0.29, 0.717) is 31.7 Å². The van der Waals surface area contributed by atoms with Gasteiger partial charge in [0.1, 0.15) is 5.52 Å². The van der Waals surface area contributed by atoms with Crippen molar-refractivity contribution < 1.29 is 4.79 Å². The molecule has 7 heteroatoms. The van der Waals surface area contributed by atoms with Gasteiger partial charge in [-0.1, -0.05) is 24.3 Å². The standard InChI is InChI=1S/C23H25N5OS/c1-5-24-21(22-26-19-13-25-16(3)12-20(19)30-22)28-11-10-27(14-17(28)4)23(29)18-8-6-15(2)7-9-18/h6-9,12-13H,4-5,10-11,14H2,1-3H3. The van der Waals surface area contributed by atoms with Crippen molar-refractivity contribution in [3.05, 3.63) is 70.6 Å². The smallest absolute Gasteiger partial charge is 0.254 e. The second kappa shape index (κ2) is 8.36. The van der Waals surface area contributed by atoms with Gasteiger partial charge in [0, 0.05) is 36.6 Å². The van der Waals surface area contributed by atoms with E-state index >= 15 is 0 Å². The number of carbonyl (C=O) groups excluding carboxylic acids is 1. The van der Waals surface area contributed by atoms with E-state index in [4.69, 9.17) is 9.98 Å². The van der Waals surface area contributed by atoms with Gasteiger partial charge in [0.25, 0.3) is 5.91 Å². The van der Waals surface area contributed by atoms with E-state index in [1.54, 1.807) is 17.5 Å². The van der Waals surface area contributed by atoms with Crippen LogP contribution in [0.2, 0.25) is 0 Å². The fourth-order valence-corrected chi connectivity index (χ4v) is 4.57. The third kappa shape index (κ3) is 3.98. The molecule has 3 aromatic rings. The zero-order chi connectivity index (χ0) is 21.3. The Morgan fingerprint density at radius 2 is 2.00 bits per heavy atom. The highest BCUT2D eigenvalue weighted by atomic mass is 32.1. The number of rotatable bonds is 3. The number of piperazine rings is 1. The van der Waals surface area contributed by atoms with Gasteiger partial charge in [-0.05, 0) is 39.0 Å². The second-order valence-electron chi connectivity index (χ2n) is 7.42. The summed E-state index contributed by atoms with van der Waals surface area (Å²) < 4.78 is 1.10.